The number of rotatable bonds is 5. The summed E-state index contributed by atoms with van der Waals surface area (Å²) in [6.07, 6.45) is 0.423. The predicted molar refractivity (Wildman–Crippen MR) is 81.6 cm³/mol. The molecule has 0 aliphatic carbocycles. The second-order valence-electron chi connectivity index (χ2n) is 5.01. The van der Waals surface area contributed by atoms with Crippen LogP contribution in [0.4, 0.5) is 0 Å². The molecule has 0 N–H and O–H groups in total. The molecule has 1 saturated heterocycles. The number of likely N-dealkylation sites (tertiary alicyclic amines) is 1. The van der Waals surface area contributed by atoms with E-state index < -0.39 is 11.9 Å². The van der Waals surface area contributed by atoms with Crippen LogP contribution in [0, 0.1) is 5.92 Å². The summed E-state index contributed by atoms with van der Waals surface area (Å²) < 4.78 is 4.77. The molecule has 1 aliphatic heterocycles. The van der Waals surface area contributed by atoms with Gasteiger partial charge in [0.15, 0.2) is 0 Å². The number of carbonyl (C=O) groups is 3. The van der Waals surface area contributed by atoms with E-state index in [0.717, 1.165) is 10.5 Å². The van der Waals surface area contributed by atoms with Crippen LogP contribution >= 0.6 is 23.2 Å². The average molecular weight is 344 g/mol. The van der Waals surface area contributed by atoms with Crippen molar-refractivity contribution in [2.75, 3.05) is 13.2 Å². The summed E-state index contributed by atoms with van der Waals surface area (Å²) in [6.45, 7) is 1.54. The Labute approximate surface area is 138 Å². The first-order chi connectivity index (χ1) is 10.4. The van der Waals surface area contributed by atoms with Crippen molar-refractivity contribution in [2.45, 2.75) is 19.8 Å². The Morgan fingerprint density at radius 2 is 1.91 bits per heavy atom. The Morgan fingerprint density at radius 3 is 2.50 bits per heavy atom. The minimum atomic E-state index is -0.587. The van der Waals surface area contributed by atoms with Gasteiger partial charge in [-0.15, -0.1) is 0 Å². The number of carbonyl (C=O) groups excluding carboxylic acids is 3. The Bertz CT molecular complexity index is 597. The maximum Gasteiger partial charge on any atom is 0.326 e. The molecule has 1 aliphatic rings. The number of hydrogen-bond donors (Lipinski definition) is 0. The SMILES string of the molecule is CCOC(=O)CN1C(=O)CC(Cc2cc(Cl)cc(Cl)c2)C1=O. The fourth-order valence-electron chi connectivity index (χ4n) is 2.43. The molecule has 1 fully saturated rings. The number of halogens is 2. The molecule has 0 spiro atoms. The van der Waals surface area contributed by atoms with E-state index >= 15 is 0 Å². The van der Waals surface area contributed by atoms with E-state index in [1.165, 1.54) is 0 Å². The highest BCUT2D eigenvalue weighted by molar-refractivity contribution is 6.34. The summed E-state index contributed by atoms with van der Waals surface area (Å²) in [5.74, 6) is -1.82. The largest absolute Gasteiger partial charge is 0.465 e. The maximum atomic E-state index is 12.3. The molecule has 0 aromatic heterocycles. The summed E-state index contributed by atoms with van der Waals surface area (Å²) in [5, 5.41) is 0.949. The van der Waals surface area contributed by atoms with Crippen LogP contribution in [0.1, 0.15) is 18.9 Å². The average Bonchev–Trinajstić information content (AvgIpc) is 2.65. The second kappa shape index (κ2) is 7.11. The Morgan fingerprint density at radius 1 is 1.27 bits per heavy atom. The highest BCUT2D eigenvalue weighted by Crippen LogP contribution is 2.26. The molecule has 22 heavy (non-hydrogen) atoms. The van der Waals surface area contributed by atoms with Crippen molar-refractivity contribution in [3.63, 3.8) is 0 Å². The third-order valence-corrected chi connectivity index (χ3v) is 3.77. The van der Waals surface area contributed by atoms with E-state index in [0.29, 0.717) is 16.5 Å². The first-order valence-corrected chi connectivity index (χ1v) is 7.61. The van der Waals surface area contributed by atoms with Crippen molar-refractivity contribution in [3.8, 4) is 0 Å². The third kappa shape index (κ3) is 3.99. The standard InChI is InChI=1S/C15H15Cl2NO4/c1-2-22-14(20)8-18-13(19)6-10(15(18)21)3-9-4-11(16)7-12(17)5-9/h4-5,7,10H,2-3,6,8H2,1H3. The van der Waals surface area contributed by atoms with Gasteiger partial charge in [0.1, 0.15) is 6.54 Å². The van der Waals surface area contributed by atoms with Gasteiger partial charge in [-0.3, -0.25) is 19.3 Å². The fraction of sp³-hybridized carbons (Fsp3) is 0.400. The van der Waals surface area contributed by atoms with E-state index in [1.54, 1.807) is 25.1 Å². The molecule has 1 aromatic carbocycles. The number of hydrogen-bond acceptors (Lipinski definition) is 4. The van der Waals surface area contributed by atoms with Gasteiger partial charge in [-0.2, -0.15) is 0 Å². The summed E-state index contributed by atoms with van der Waals surface area (Å²) >= 11 is 11.8. The summed E-state index contributed by atoms with van der Waals surface area (Å²) in [7, 11) is 0. The topological polar surface area (TPSA) is 63.7 Å². The van der Waals surface area contributed by atoms with Crippen molar-refractivity contribution in [2.24, 2.45) is 5.92 Å². The highest BCUT2D eigenvalue weighted by Gasteiger charge is 2.39. The quantitative estimate of drug-likeness (QED) is 0.608. The van der Waals surface area contributed by atoms with Gasteiger partial charge in [-0.05, 0) is 37.1 Å². The van der Waals surface area contributed by atoms with Gasteiger partial charge in [-0.25, -0.2) is 0 Å². The van der Waals surface area contributed by atoms with Crippen LogP contribution in [0.25, 0.3) is 0 Å². The lowest BCUT2D eigenvalue weighted by Crippen LogP contribution is -2.36. The Hall–Kier alpha value is -1.59. The van der Waals surface area contributed by atoms with E-state index in [4.69, 9.17) is 27.9 Å². The summed E-state index contributed by atoms with van der Waals surface area (Å²) in [4.78, 5) is 36.6. The lowest BCUT2D eigenvalue weighted by atomic mass is 9.98. The van der Waals surface area contributed by atoms with Crippen LogP contribution < -0.4 is 0 Å². The molecular weight excluding hydrogens is 329 g/mol. The summed E-state index contributed by atoms with van der Waals surface area (Å²) in [5.41, 5.74) is 0.779. The molecule has 1 aromatic rings. The van der Waals surface area contributed by atoms with Gasteiger partial charge in [-0.1, -0.05) is 23.2 Å². The van der Waals surface area contributed by atoms with E-state index in [-0.39, 0.29) is 31.4 Å². The smallest absolute Gasteiger partial charge is 0.326 e. The van der Waals surface area contributed by atoms with Crippen molar-refractivity contribution < 1.29 is 19.1 Å². The molecule has 0 saturated carbocycles. The van der Waals surface area contributed by atoms with Crippen molar-refractivity contribution in [3.05, 3.63) is 33.8 Å². The molecule has 0 bridgehead atoms. The van der Waals surface area contributed by atoms with E-state index in [9.17, 15) is 14.4 Å². The number of amides is 2. The number of imide groups is 1. The minimum absolute atomic E-state index is 0.0718. The maximum absolute atomic E-state index is 12.3. The lowest BCUT2D eigenvalue weighted by molar-refractivity contribution is -0.152. The third-order valence-electron chi connectivity index (χ3n) is 3.33. The molecule has 2 amide bonds. The monoisotopic (exact) mass is 343 g/mol. The number of nitrogens with zero attached hydrogens (tertiary/aromatic N) is 1. The molecule has 5 nitrogen and oxygen atoms in total. The molecule has 1 unspecified atom stereocenters. The van der Waals surface area contributed by atoms with Crippen molar-refractivity contribution >= 4 is 41.0 Å². The molecule has 1 heterocycles. The predicted octanol–water partition coefficient (Wildman–Crippen LogP) is 2.47. The van der Waals surface area contributed by atoms with Crippen LogP contribution in [0.3, 0.4) is 0 Å². The van der Waals surface area contributed by atoms with Crippen LogP contribution in [0.15, 0.2) is 18.2 Å². The Kier molecular flexibility index (Phi) is 5.42. The number of esters is 1. The van der Waals surface area contributed by atoms with Crippen LogP contribution in [-0.2, 0) is 25.5 Å². The summed E-state index contributed by atoms with van der Waals surface area (Å²) in [6, 6.07) is 5.01. The fourth-order valence-corrected chi connectivity index (χ4v) is 3.00. The van der Waals surface area contributed by atoms with E-state index in [1.807, 2.05) is 0 Å². The van der Waals surface area contributed by atoms with Gasteiger partial charge >= 0.3 is 5.97 Å². The van der Waals surface area contributed by atoms with Crippen LogP contribution in [0.5, 0.6) is 0 Å². The van der Waals surface area contributed by atoms with Gasteiger partial charge in [0.25, 0.3) is 0 Å². The van der Waals surface area contributed by atoms with Crippen LogP contribution in [-0.4, -0.2) is 35.8 Å². The highest BCUT2D eigenvalue weighted by atomic mass is 35.5. The lowest BCUT2D eigenvalue weighted by Gasteiger charge is -2.14. The van der Waals surface area contributed by atoms with Crippen LogP contribution in [0.2, 0.25) is 10.0 Å². The minimum Gasteiger partial charge on any atom is -0.465 e. The molecule has 2 rings (SSSR count). The first kappa shape index (κ1) is 16.8. The zero-order chi connectivity index (χ0) is 16.3. The van der Waals surface area contributed by atoms with Crippen molar-refractivity contribution in [1.29, 1.82) is 0 Å². The van der Waals surface area contributed by atoms with Gasteiger partial charge < -0.3 is 4.74 Å². The molecule has 1 atom stereocenters. The Balaban J connectivity index is 2.06. The van der Waals surface area contributed by atoms with Gasteiger partial charge in [0.05, 0.1) is 12.5 Å². The van der Waals surface area contributed by atoms with Gasteiger partial charge in [0, 0.05) is 16.5 Å². The van der Waals surface area contributed by atoms with E-state index in [2.05, 4.69) is 0 Å². The molecular formula is C15H15Cl2NO4. The number of ether oxygens (including phenoxy) is 1. The normalized spacial score (nSPS) is 18.0. The zero-order valence-corrected chi connectivity index (χ0v) is 13.5. The molecule has 0 radical (unpaired) electrons. The second-order valence-corrected chi connectivity index (χ2v) is 5.88. The van der Waals surface area contributed by atoms with Gasteiger partial charge in [0.2, 0.25) is 11.8 Å². The van der Waals surface area contributed by atoms with Crippen molar-refractivity contribution in [1.82, 2.24) is 4.90 Å². The zero-order valence-electron chi connectivity index (χ0n) is 12.0. The molecule has 7 heteroatoms. The first-order valence-electron chi connectivity index (χ1n) is 6.85. The number of benzene rings is 1. The molecule has 118 valence electrons.